The first-order chi connectivity index (χ1) is 16.0. The molecule has 1 amide bonds. The minimum absolute atomic E-state index is 0.116. The summed E-state index contributed by atoms with van der Waals surface area (Å²) in [6.07, 6.45) is 3.21. The maximum Gasteiger partial charge on any atom is 0.285 e. The van der Waals surface area contributed by atoms with Crippen molar-refractivity contribution in [3.8, 4) is 0 Å². The van der Waals surface area contributed by atoms with Gasteiger partial charge in [-0.3, -0.25) is 4.79 Å². The Morgan fingerprint density at radius 3 is 2.03 bits per heavy atom. The molecule has 3 aromatic rings. The molecule has 170 valence electrons. The van der Waals surface area contributed by atoms with Crippen LogP contribution in [-0.4, -0.2) is 21.2 Å². The second kappa shape index (κ2) is 9.74. The van der Waals surface area contributed by atoms with Crippen LogP contribution in [0.2, 0.25) is 0 Å². The zero-order valence-corrected chi connectivity index (χ0v) is 22.0. The number of halogens is 2. The molecule has 1 aliphatic heterocycles. The second-order valence-electron chi connectivity index (χ2n) is 8.53. The molecule has 1 saturated carbocycles. The lowest BCUT2D eigenvalue weighted by Crippen LogP contribution is -2.51. The molecule has 2 N–H and O–H groups in total. The van der Waals surface area contributed by atoms with Gasteiger partial charge in [-0.1, -0.05) is 67.0 Å². The van der Waals surface area contributed by atoms with Crippen molar-refractivity contribution in [1.29, 1.82) is 0 Å². The number of carbonyl (C=O) groups excluding carboxylic acids is 1. The predicted molar refractivity (Wildman–Crippen MR) is 137 cm³/mol. The van der Waals surface area contributed by atoms with Crippen LogP contribution in [0.15, 0.2) is 62.6 Å². The Morgan fingerprint density at radius 1 is 1.00 bits per heavy atom. The molecule has 1 aromatic heterocycles. The van der Waals surface area contributed by atoms with E-state index in [4.69, 9.17) is 5.10 Å². The number of rotatable bonds is 4. The maximum absolute atomic E-state index is 12.8. The molecule has 9 heteroatoms. The van der Waals surface area contributed by atoms with Crippen molar-refractivity contribution in [3.05, 3.63) is 79.2 Å². The van der Waals surface area contributed by atoms with E-state index in [1.165, 1.54) is 11.1 Å². The van der Waals surface area contributed by atoms with E-state index in [9.17, 15) is 4.79 Å². The van der Waals surface area contributed by atoms with Crippen LogP contribution in [0.1, 0.15) is 57.8 Å². The average molecular weight is 589 g/mol. The largest absolute Gasteiger partial charge is 0.302 e. The van der Waals surface area contributed by atoms with Crippen LogP contribution in [0.25, 0.3) is 0 Å². The number of nitrogens with one attached hydrogen (secondary N) is 2. The molecule has 2 fully saturated rings. The third-order valence-corrected chi connectivity index (χ3v) is 8.44. The number of benzene rings is 2. The number of amides is 1. The van der Waals surface area contributed by atoms with Gasteiger partial charge in [-0.05, 0) is 66.7 Å². The molecule has 2 aliphatic rings. The molecule has 2 heterocycles. The van der Waals surface area contributed by atoms with E-state index in [1.807, 2.05) is 0 Å². The number of aryl methyl sites for hydroxylation is 1. The van der Waals surface area contributed by atoms with Crippen LogP contribution in [-0.2, 0) is 0 Å². The molecular formula is C24H23Br2N5OS. The highest BCUT2D eigenvalue weighted by Crippen LogP contribution is 2.46. The van der Waals surface area contributed by atoms with Gasteiger partial charge < -0.3 is 5.32 Å². The Kier molecular flexibility index (Phi) is 6.74. The van der Waals surface area contributed by atoms with Crippen LogP contribution in [0.4, 0.5) is 0 Å². The quantitative estimate of drug-likeness (QED) is 0.369. The SMILES string of the molecule is Cc1nnsc1C(=O)NN=C1C2CCCC1C(c1ccc(Br)cc1)NC2c1ccc(Br)cc1. The Labute approximate surface area is 213 Å². The van der Waals surface area contributed by atoms with Crippen molar-refractivity contribution in [2.75, 3.05) is 0 Å². The van der Waals surface area contributed by atoms with E-state index in [0.717, 1.165) is 45.5 Å². The fourth-order valence-electron chi connectivity index (χ4n) is 5.00. The number of piperidine rings is 1. The fraction of sp³-hybridized carbons (Fsp3) is 0.333. The number of hydrazone groups is 1. The lowest BCUT2D eigenvalue weighted by molar-refractivity contribution is 0.0956. The summed E-state index contributed by atoms with van der Waals surface area (Å²) < 4.78 is 5.99. The first-order valence-corrected chi connectivity index (χ1v) is 13.3. The number of hydrogen-bond donors (Lipinski definition) is 2. The summed E-state index contributed by atoms with van der Waals surface area (Å²) in [7, 11) is 0. The van der Waals surface area contributed by atoms with Crippen molar-refractivity contribution in [2.45, 2.75) is 38.3 Å². The molecule has 2 aromatic carbocycles. The zero-order valence-electron chi connectivity index (χ0n) is 18.0. The topological polar surface area (TPSA) is 79.3 Å². The van der Waals surface area contributed by atoms with Crippen LogP contribution < -0.4 is 10.7 Å². The molecule has 0 spiro atoms. The number of hydrogen-bond acceptors (Lipinski definition) is 6. The number of fused-ring (bicyclic) bond motifs is 2. The Bertz CT molecular complexity index is 1120. The minimum atomic E-state index is -0.244. The van der Waals surface area contributed by atoms with Crippen LogP contribution in [0, 0.1) is 18.8 Å². The van der Waals surface area contributed by atoms with Gasteiger partial charge in [0, 0.05) is 38.6 Å². The van der Waals surface area contributed by atoms with Crippen molar-refractivity contribution < 1.29 is 4.79 Å². The lowest BCUT2D eigenvalue weighted by Gasteiger charge is -2.47. The number of nitrogens with zero attached hydrogens (tertiary/aromatic N) is 3. The predicted octanol–water partition coefficient (Wildman–Crippen LogP) is 5.96. The molecule has 33 heavy (non-hydrogen) atoms. The van der Waals surface area contributed by atoms with Gasteiger partial charge in [-0.25, -0.2) is 5.43 Å². The highest BCUT2D eigenvalue weighted by atomic mass is 79.9. The van der Waals surface area contributed by atoms with E-state index >= 15 is 0 Å². The maximum atomic E-state index is 12.8. The van der Waals surface area contributed by atoms with Gasteiger partial charge in [0.2, 0.25) is 0 Å². The Morgan fingerprint density at radius 2 is 1.55 bits per heavy atom. The first-order valence-electron chi connectivity index (χ1n) is 10.9. The summed E-state index contributed by atoms with van der Waals surface area (Å²) in [6, 6.07) is 17.2. The summed E-state index contributed by atoms with van der Waals surface area (Å²) >= 11 is 8.20. The Hall–Kier alpha value is -1.94. The van der Waals surface area contributed by atoms with Crippen molar-refractivity contribution in [3.63, 3.8) is 0 Å². The highest BCUT2D eigenvalue weighted by molar-refractivity contribution is 9.10. The molecule has 4 unspecified atom stereocenters. The fourth-order valence-corrected chi connectivity index (χ4v) is 6.07. The van der Waals surface area contributed by atoms with Gasteiger partial charge in [0.25, 0.3) is 5.91 Å². The van der Waals surface area contributed by atoms with Gasteiger partial charge in [-0.2, -0.15) is 5.10 Å². The Balaban J connectivity index is 1.52. The van der Waals surface area contributed by atoms with Gasteiger partial charge in [-0.15, -0.1) is 5.10 Å². The van der Waals surface area contributed by atoms with Crippen LogP contribution >= 0.6 is 43.4 Å². The van der Waals surface area contributed by atoms with E-state index in [-0.39, 0.29) is 29.8 Å². The summed E-state index contributed by atoms with van der Waals surface area (Å²) in [5.41, 5.74) is 6.98. The van der Waals surface area contributed by atoms with E-state index in [1.54, 1.807) is 6.92 Å². The molecule has 5 rings (SSSR count). The smallest absolute Gasteiger partial charge is 0.285 e. The minimum Gasteiger partial charge on any atom is -0.302 e. The third-order valence-electron chi connectivity index (χ3n) is 6.56. The number of carbonyl (C=O) groups is 1. The molecule has 6 nitrogen and oxygen atoms in total. The normalized spacial score (nSPS) is 24.4. The summed E-state index contributed by atoms with van der Waals surface area (Å²) in [4.78, 5) is 13.3. The standard InChI is InChI=1S/C24H23Br2N5OS/c1-13-23(33-31-28-13)24(32)30-29-22-18-3-2-4-19(22)21(15-7-11-17(26)12-8-15)27-20(18)14-5-9-16(25)10-6-14/h5-12,18-21,27H,2-4H2,1H3,(H,30,32). The second-order valence-corrected chi connectivity index (χ2v) is 11.1. The van der Waals surface area contributed by atoms with Crippen LogP contribution in [0.5, 0.6) is 0 Å². The van der Waals surface area contributed by atoms with Crippen molar-refractivity contribution >= 4 is 55.0 Å². The molecular weight excluding hydrogens is 566 g/mol. The molecule has 0 radical (unpaired) electrons. The molecule has 2 bridgehead atoms. The van der Waals surface area contributed by atoms with Gasteiger partial charge in [0.15, 0.2) is 0 Å². The van der Waals surface area contributed by atoms with E-state index in [2.05, 4.69) is 101 Å². The van der Waals surface area contributed by atoms with E-state index in [0.29, 0.717) is 10.6 Å². The van der Waals surface area contributed by atoms with Crippen molar-refractivity contribution in [2.24, 2.45) is 16.9 Å². The number of aromatic nitrogens is 2. The van der Waals surface area contributed by atoms with Gasteiger partial charge in [0.05, 0.1) is 5.69 Å². The zero-order chi connectivity index (χ0) is 22.9. The summed E-state index contributed by atoms with van der Waals surface area (Å²) in [6.45, 7) is 1.79. The average Bonchev–Trinajstić information content (AvgIpc) is 3.25. The van der Waals surface area contributed by atoms with Gasteiger partial charge in [0.1, 0.15) is 4.88 Å². The highest BCUT2D eigenvalue weighted by Gasteiger charge is 2.45. The lowest BCUT2D eigenvalue weighted by atomic mass is 9.67. The molecule has 1 saturated heterocycles. The molecule has 4 atom stereocenters. The first kappa shape index (κ1) is 22.8. The summed E-state index contributed by atoms with van der Waals surface area (Å²) in [5, 5.41) is 12.6. The third kappa shape index (κ3) is 4.69. The summed E-state index contributed by atoms with van der Waals surface area (Å²) in [5.74, 6) is 0.196. The van der Waals surface area contributed by atoms with Crippen molar-refractivity contribution in [1.82, 2.24) is 20.3 Å². The monoisotopic (exact) mass is 587 g/mol. The van der Waals surface area contributed by atoms with Crippen LogP contribution in [0.3, 0.4) is 0 Å². The van der Waals surface area contributed by atoms with E-state index < -0.39 is 0 Å². The molecule has 1 aliphatic carbocycles. The van der Waals surface area contributed by atoms with Gasteiger partial charge >= 0.3 is 0 Å².